The highest BCUT2D eigenvalue weighted by atomic mass is 16.6. The third kappa shape index (κ3) is 1.80. The van der Waals surface area contributed by atoms with Crippen LogP contribution in [0.5, 0.6) is 0 Å². The van der Waals surface area contributed by atoms with E-state index in [1.807, 2.05) is 0 Å². The average molecular weight is 204 g/mol. The second-order valence-corrected chi connectivity index (χ2v) is 2.72. The fraction of sp³-hybridized carbons (Fsp3) is 0.625. The van der Waals surface area contributed by atoms with Gasteiger partial charge in [0.15, 0.2) is 11.9 Å². The van der Waals surface area contributed by atoms with Crippen molar-refractivity contribution < 1.29 is 29.6 Å². The number of carbonyl (C=O) groups is 1. The van der Waals surface area contributed by atoms with Crippen LogP contribution in [0, 0.1) is 0 Å². The number of aliphatic hydroxyl groups is 3. The van der Waals surface area contributed by atoms with E-state index in [0.29, 0.717) is 0 Å². The van der Waals surface area contributed by atoms with Crippen LogP contribution in [0.25, 0.3) is 0 Å². The number of ether oxygens (including phenoxy) is 2. The Morgan fingerprint density at radius 1 is 1.64 bits per heavy atom. The van der Waals surface area contributed by atoms with Crippen LogP contribution in [0.4, 0.5) is 0 Å². The lowest BCUT2D eigenvalue weighted by atomic mass is 10.2. The molecule has 6 heteroatoms. The van der Waals surface area contributed by atoms with Crippen LogP contribution in [0.15, 0.2) is 11.5 Å². The number of esters is 1. The van der Waals surface area contributed by atoms with Crippen molar-refractivity contribution in [1.82, 2.24) is 0 Å². The van der Waals surface area contributed by atoms with E-state index in [4.69, 9.17) is 9.84 Å². The van der Waals surface area contributed by atoms with Gasteiger partial charge in [-0.15, -0.1) is 0 Å². The predicted octanol–water partition coefficient (Wildman–Crippen LogP) is -0.929. The summed E-state index contributed by atoms with van der Waals surface area (Å²) < 4.78 is 9.53. The fourth-order valence-electron chi connectivity index (χ4n) is 1.12. The van der Waals surface area contributed by atoms with Crippen molar-refractivity contribution in [1.29, 1.82) is 0 Å². The van der Waals surface area contributed by atoms with Crippen molar-refractivity contribution in [2.45, 2.75) is 19.1 Å². The maximum absolute atomic E-state index is 10.9. The van der Waals surface area contributed by atoms with E-state index in [1.165, 1.54) is 0 Å². The Kier molecular flexibility index (Phi) is 3.32. The molecule has 2 atom stereocenters. The Labute approximate surface area is 80.4 Å². The summed E-state index contributed by atoms with van der Waals surface area (Å²) in [6.07, 6.45) is -2.41. The first-order valence-electron chi connectivity index (χ1n) is 4.17. The number of hydrogen-bond acceptors (Lipinski definition) is 6. The SMILES string of the molecule is CCOC1=C(O)C(=O)O[C@H]1[C@H](O)CO. The second-order valence-electron chi connectivity index (χ2n) is 2.72. The molecule has 0 amide bonds. The van der Waals surface area contributed by atoms with Crippen LogP contribution in [-0.4, -0.2) is 46.7 Å². The zero-order valence-electron chi connectivity index (χ0n) is 7.64. The van der Waals surface area contributed by atoms with Crippen molar-refractivity contribution in [3.8, 4) is 0 Å². The largest absolute Gasteiger partial charge is 0.499 e. The first-order chi connectivity index (χ1) is 6.61. The molecule has 0 aromatic carbocycles. The molecule has 80 valence electrons. The molecule has 1 aliphatic rings. The zero-order valence-corrected chi connectivity index (χ0v) is 7.64. The van der Waals surface area contributed by atoms with Crippen LogP contribution in [0.3, 0.4) is 0 Å². The maximum atomic E-state index is 10.9. The Hall–Kier alpha value is -1.27. The molecule has 3 N–H and O–H groups in total. The third-order valence-electron chi connectivity index (χ3n) is 1.76. The molecule has 0 aromatic rings. The highest BCUT2D eigenvalue weighted by molar-refractivity contribution is 5.89. The number of rotatable bonds is 4. The molecule has 0 saturated heterocycles. The number of carbonyl (C=O) groups excluding carboxylic acids is 1. The standard InChI is InChI=1S/C8H12O6/c1-2-13-7-5(11)8(12)14-6(7)4(10)3-9/h4,6,9-11H,2-3H2,1H3/t4-,6+/m1/s1. The Morgan fingerprint density at radius 2 is 2.29 bits per heavy atom. The van der Waals surface area contributed by atoms with Gasteiger partial charge in [-0.2, -0.15) is 0 Å². The van der Waals surface area contributed by atoms with E-state index in [9.17, 15) is 15.0 Å². The zero-order chi connectivity index (χ0) is 10.7. The summed E-state index contributed by atoms with van der Waals surface area (Å²) in [6.45, 7) is 1.30. The summed E-state index contributed by atoms with van der Waals surface area (Å²) in [5.41, 5.74) is 0. The molecule has 0 aliphatic carbocycles. The molecule has 0 bridgehead atoms. The first-order valence-corrected chi connectivity index (χ1v) is 4.17. The quantitative estimate of drug-likeness (QED) is 0.512. The predicted molar refractivity (Wildman–Crippen MR) is 44.3 cm³/mol. The van der Waals surface area contributed by atoms with E-state index >= 15 is 0 Å². The van der Waals surface area contributed by atoms with Crippen LogP contribution < -0.4 is 0 Å². The van der Waals surface area contributed by atoms with Gasteiger partial charge in [0.05, 0.1) is 13.2 Å². The minimum Gasteiger partial charge on any atom is -0.499 e. The summed E-state index contributed by atoms with van der Waals surface area (Å²) in [7, 11) is 0. The summed E-state index contributed by atoms with van der Waals surface area (Å²) >= 11 is 0. The molecule has 1 heterocycles. The topological polar surface area (TPSA) is 96.2 Å². The van der Waals surface area contributed by atoms with Gasteiger partial charge in [0.1, 0.15) is 6.10 Å². The van der Waals surface area contributed by atoms with Gasteiger partial charge in [-0.1, -0.05) is 0 Å². The van der Waals surface area contributed by atoms with Gasteiger partial charge in [-0.05, 0) is 6.92 Å². The second kappa shape index (κ2) is 4.30. The third-order valence-corrected chi connectivity index (χ3v) is 1.76. The molecule has 14 heavy (non-hydrogen) atoms. The van der Waals surface area contributed by atoms with E-state index in [0.717, 1.165) is 0 Å². The van der Waals surface area contributed by atoms with Gasteiger partial charge in [0, 0.05) is 0 Å². The molecule has 1 aliphatic heterocycles. The average Bonchev–Trinajstić information content (AvgIpc) is 2.45. The Morgan fingerprint density at radius 3 is 2.79 bits per heavy atom. The lowest BCUT2D eigenvalue weighted by molar-refractivity contribution is -0.148. The van der Waals surface area contributed by atoms with E-state index in [1.54, 1.807) is 6.92 Å². The number of hydrogen-bond donors (Lipinski definition) is 3. The van der Waals surface area contributed by atoms with Gasteiger partial charge in [0.2, 0.25) is 5.76 Å². The molecule has 0 saturated carbocycles. The summed E-state index contributed by atoms with van der Waals surface area (Å²) in [5.74, 6) is -1.73. The lowest BCUT2D eigenvalue weighted by Crippen LogP contribution is -2.32. The molecule has 6 nitrogen and oxygen atoms in total. The lowest BCUT2D eigenvalue weighted by Gasteiger charge is -2.17. The van der Waals surface area contributed by atoms with Gasteiger partial charge >= 0.3 is 5.97 Å². The van der Waals surface area contributed by atoms with E-state index in [-0.39, 0.29) is 12.4 Å². The molecule has 0 unspecified atom stereocenters. The highest BCUT2D eigenvalue weighted by Gasteiger charge is 2.40. The Bertz CT molecular complexity index is 259. The molecular formula is C8H12O6. The van der Waals surface area contributed by atoms with Crippen molar-refractivity contribution in [2.75, 3.05) is 13.2 Å². The van der Waals surface area contributed by atoms with Gasteiger partial charge in [-0.3, -0.25) is 0 Å². The minimum atomic E-state index is -1.29. The first kappa shape index (κ1) is 10.8. The summed E-state index contributed by atoms with van der Waals surface area (Å²) in [4.78, 5) is 10.9. The molecule has 0 spiro atoms. The van der Waals surface area contributed by atoms with Crippen molar-refractivity contribution in [2.24, 2.45) is 0 Å². The number of aliphatic hydroxyl groups excluding tert-OH is 3. The Balaban J connectivity index is 2.84. The number of cyclic esters (lactones) is 1. The fourth-order valence-corrected chi connectivity index (χ4v) is 1.12. The van der Waals surface area contributed by atoms with Crippen molar-refractivity contribution in [3.05, 3.63) is 11.5 Å². The molecule has 0 radical (unpaired) electrons. The van der Waals surface area contributed by atoms with Gasteiger partial charge < -0.3 is 24.8 Å². The van der Waals surface area contributed by atoms with E-state index < -0.39 is 30.5 Å². The van der Waals surface area contributed by atoms with Crippen molar-refractivity contribution >= 4 is 5.97 Å². The van der Waals surface area contributed by atoms with Crippen molar-refractivity contribution in [3.63, 3.8) is 0 Å². The highest BCUT2D eigenvalue weighted by Crippen LogP contribution is 2.24. The van der Waals surface area contributed by atoms with E-state index in [2.05, 4.69) is 4.74 Å². The minimum absolute atomic E-state index is 0.126. The normalized spacial score (nSPS) is 23.6. The summed E-state index contributed by atoms with van der Waals surface area (Å²) in [5, 5.41) is 27.1. The molecule has 0 fully saturated rings. The summed E-state index contributed by atoms with van der Waals surface area (Å²) in [6, 6.07) is 0. The monoisotopic (exact) mass is 204 g/mol. The van der Waals surface area contributed by atoms with Crippen LogP contribution in [0.2, 0.25) is 0 Å². The van der Waals surface area contributed by atoms with Crippen LogP contribution >= 0.6 is 0 Å². The molecule has 1 rings (SSSR count). The van der Waals surface area contributed by atoms with Crippen LogP contribution in [-0.2, 0) is 14.3 Å². The molecular weight excluding hydrogens is 192 g/mol. The molecule has 0 aromatic heterocycles. The van der Waals surface area contributed by atoms with Gasteiger partial charge in [-0.25, -0.2) is 4.79 Å². The van der Waals surface area contributed by atoms with Crippen LogP contribution in [0.1, 0.15) is 6.92 Å². The smallest absolute Gasteiger partial charge is 0.378 e. The maximum Gasteiger partial charge on any atom is 0.378 e. The van der Waals surface area contributed by atoms with Gasteiger partial charge in [0.25, 0.3) is 0 Å².